The Morgan fingerprint density at radius 1 is 1.12 bits per heavy atom. The summed E-state index contributed by atoms with van der Waals surface area (Å²) in [6.07, 6.45) is 1.14. The average Bonchev–Trinajstić information content (AvgIpc) is 2.60. The van der Waals surface area contributed by atoms with Gasteiger partial charge in [-0.1, -0.05) is 42.5 Å². The van der Waals surface area contributed by atoms with E-state index in [0.29, 0.717) is 17.9 Å². The summed E-state index contributed by atoms with van der Waals surface area (Å²) in [5.74, 6) is -0.341. The number of nitrogens with one attached hydrogen (secondary N) is 1. The van der Waals surface area contributed by atoms with Crippen molar-refractivity contribution in [3.63, 3.8) is 0 Å². The summed E-state index contributed by atoms with van der Waals surface area (Å²) in [5.41, 5.74) is 1.48. The molecular formula is C19H24N2O4S. The quantitative estimate of drug-likeness (QED) is 0.768. The number of nitrogens with zero attached hydrogens (tertiary/aromatic N) is 1. The Balaban J connectivity index is 2.38. The second-order valence-corrected chi connectivity index (χ2v) is 8.01. The zero-order valence-electron chi connectivity index (χ0n) is 15.2. The first-order valence-electron chi connectivity index (χ1n) is 8.23. The molecule has 1 N–H and O–H groups in total. The number of rotatable bonds is 8. The third-order valence-corrected chi connectivity index (χ3v) is 4.91. The molecule has 0 aliphatic rings. The van der Waals surface area contributed by atoms with E-state index in [1.807, 2.05) is 37.3 Å². The van der Waals surface area contributed by atoms with E-state index in [9.17, 15) is 13.2 Å². The molecule has 140 valence electrons. The first-order chi connectivity index (χ1) is 12.3. The fourth-order valence-corrected chi connectivity index (χ4v) is 3.51. The second kappa shape index (κ2) is 8.82. The molecule has 7 heteroatoms. The molecule has 2 aromatic rings. The van der Waals surface area contributed by atoms with Gasteiger partial charge in [0.2, 0.25) is 10.0 Å². The molecule has 1 atom stereocenters. The maximum absolute atomic E-state index is 12.6. The summed E-state index contributed by atoms with van der Waals surface area (Å²) in [6, 6.07) is 15.8. The normalized spacial score (nSPS) is 12.4. The molecule has 0 aliphatic carbocycles. The van der Waals surface area contributed by atoms with Crippen LogP contribution < -0.4 is 9.62 Å². The van der Waals surface area contributed by atoms with Gasteiger partial charge in [0, 0.05) is 13.2 Å². The first kappa shape index (κ1) is 19.9. The van der Waals surface area contributed by atoms with Crippen LogP contribution in [0.4, 0.5) is 5.69 Å². The van der Waals surface area contributed by atoms with Gasteiger partial charge in [-0.3, -0.25) is 9.10 Å². The lowest BCUT2D eigenvalue weighted by atomic mass is 10.1. The van der Waals surface area contributed by atoms with Crippen LogP contribution in [0, 0.1) is 0 Å². The molecule has 26 heavy (non-hydrogen) atoms. The summed E-state index contributed by atoms with van der Waals surface area (Å²) < 4.78 is 31.1. The first-order valence-corrected chi connectivity index (χ1v) is 10.1. The molecule has 0 fully saturated rings. The molecule has 0 aliphatic heterocycles. The molecular weight excluding hydrogens is 352 g/mol. The van der Waals surface area contributed by atoms with E-state index in [-0.39, 0.29) is 18.5 Å². The number of ether oxygens (including phenoxy) is 1. The zero-order chi connectivity index (χ0) is 19.2. The van der Waals surface area contributed by atoms with Crippen LogP contribution in [-0.4, -0.2) is 40.3 Å². The number of anilines is 1. The van der Waals surface area contributed by atoms with Gasteiger partial charge in [-0.05, 0) is 24.6 Å². The van der Waals surface area contributed by atoms with Crippen molar-refractivity contribution in [2.24, 2.45) is 0 Å². The molecule has 0 saturated carbocycles. The molecule has 1 unspecified atom stereocenters. The summed E-state index contributed by atoms with van der Waals surface area (Å²) in [4.78, 5) is 12.6. The third kappa shape index (κ3) is 5.31. The SMILES string of the molecule is COCC(C)NC(=O)c1ccccc1N(Cc1ccccc1)S(C)(=O)=O. The van der Waals surface area contributed by atoms with E-state index < -0.39 is 10.0 Å². The van der Waals surface area contributed by atoms with E-state index in [1.54, 1.807) is 31.4 Å². The van der Waals surface area contributed by atoms with Gasteiger partial charge in [0.05, 0.1) is 30.7 Å². The van der Waals surface area contributed by atoms with Crippen LogP contribution in [0.1, 0.15) is 22.8 Å². The minimum atomic E-state index is -3.58. The Morgan fingerprint density at radius 2 is 1.73 bits per heavy atom. The number of carbonyl (C=O) groups is 1. The van der Waals surface area contributed by atoms with Crippen LogP contribution in [-0.2, 0) is 21.3 Å². The molecule has 0 saturated heterocycles. The average molecular weight is 376 g/mol. The lowest BCUT2D eigenvalue weighted by Gasteiger charge is -2.25. The number of para-hydroxylation sites is 1. The fourth-order valence-electron chi connectivity index (χ4n) is 2.61. The number of carbonyl (C=O) groups excluding carboxylic acids is 1. The topological polar surface area (TPSA) is 75.7 Å². The van der Waals surface area contributed by atoms with E-state index >= 15 is 0 Å². The number of hydrogen-bond acceptors (Lipinski definition) is 4. The van der Waals surface area contributed by atoms with Crippen molar-refractivity contribution in [1.29, 1.82) is 0 Å². The van der Waals surface area contributed by atoms with E-state index in [0.717, 1.165) is 11.8 Å². The molecule has 2 rings (SSSR count). The Labute approximate surface area is 154 Å². The highest BCUT2D eigenvalue weighted by molar-refractivity contribution is 7.92. The standard InChI is InChI=1S/C19H24N2O4S/c1-15(14-25-2)20-19(22)17-11-7-8-12-18(17)21(26(3,23)24)13-16-9-5-4-6-10-16/h4-12,15H,13-14H2,1-3H3,(H,20,22). The molecule has 0 radical (unpaired) electrons. The Kier molecular flexibility index (Phi) is 6.76. The van der Waals surface area contributed by atoms with Crippen LogP contribution in [0.5, 0.6) is 0 Å². The van der Waals surface area contributed by atoms with Gasteiger partial charge in [-0.25, -0.2) is 8.42 Å². The van der Waals surface area contributed by atoms with Crippen LogP contribution >= 0.6 is 0 Å². The van der Waals surface area contributed by atoms with E-state index in [4.69, 9.17) is 4.74 Å². The lowest BCUT2D eigenvalue weighted by Crippen LogP contribution is -2.37. The maximum Gasteiger partial charge on any atom is 0.253 e. The highest BCUT2D eigenvalue weighted by Gasteiger charge is 2.23. The van der Waals surface area contributed by atoms with E-state index in [1.165, 1.54) is 4.31 Å². The zero-order valence-corrected chi connectivity index (χ0v) is 16.0. The van der Waals surface area contributed by atoms with Crippen molar-refractivity contribution >= 4 is 21.6 Å². The second-order valence-electron chi connectivity index (χ2n) is 6.10. The highest BCUT2D eigenvalue weighted by Crippen LogP contribution is 2.25. The minimum Gasteiger partial charge on any atom is -0.383 e. The lowest BCUT2D eigenvalue weighted by molar-refractivity contribution is 0.0906. The number of hydrogen-bond donors (Lipinski definition) is 1. The maximum atomic E-state index is 12.6. The van der Waals surface area contributed by atoms with Gasteiger partial charge in [0.1, 0.15) is 0 Å². The van der Waals surface area contributed by atoms with Crippen molar-refractivity contribution in [3.8, 4) is 0 Å². The molecule has 0 spiro atoms. The summed E-state index contributed by atoms with van der Waals surface area (Å²) in [7, 11) is -2.02. The van der Waals surface area contributed by atoms with Gasteiger partial charge < -0.3 is 10.1 Å². The molecule has 1 amide bonds. The summed E-state index contributed by atoms with van der Waals surface area (Å²) in [5, 5.41) is 2.82. The number of amides is 1. The molecule has 0 bridgehead atoms. The summed E-state index contributed by atoms with van der Waals surface area (Å²) >= 11 is 0. The number of sulfonamides is 1. The number of methoxy groups -OCH3 is 1. The van der Waals surface area contributed by atoms with Crippen molar-refractivity contribution in [2.75, 3.05) is 24.3 Å². The van der Waals surface area contributed by atoms with Gasteiger partial charge in [-0.15, -0.1) is 0 Å². The molecule has 0 aromatic heterocycles. The Bertz CT molecular complexity index is 838. The Morgan fingerprint density at radius 3 is 2.35 bits per heavy atom. The van der Waals surface area contributed by atoms with Gasteiger partial charge in [0.15, 0.2) is 0 Å². The predicted octanol–water partition coefficient (Wildman–Crippen LogP) is 2.42. The summed E-state index contributed by atoms with van der Waals surface area (Å²) in [6.45, 7) is 2.34. The van der Waals surface area contributed by atoms with Crippen molar-refractivity contribution < 1.29 is 17.9 Å². The van der Waals surface area contributed by atoms with Crippen molar-refractivity contribution in [1.82, 2.24) is 5.32 Å². The molecule has 2 aromatic carbocycles. The van der Waals surface area contributed by atoms with Crippen LogP contribution in [0.2, 0.25) is 0 Å². The van der Waals surface area contributed by atoms with Crippen LogP contribution in [0.15, 0.2) is 54.6 Å². The minimum absolute atomic E-state index is 0.150. The van der Waals surface area contributed by atoms with Crippen molar-refractivity contribution in [2.45, 2.75) is 19.5 Å². The highest BCUT2D eigenvalue weighted by atomic mass is 32.2. The largest absolute Gasteiger partial charge is 0.383 e. The third-order valence-electron chi connectivity index (χ3n) is 3.78. The smallest absolute Gasteiger partial charge is 0.253 e. The van der Waals surface area contributed by atoms with Crippen molar-refractivity contribution in [3.05, 3.63) is 65.7 Å². The van der Waals surface area contributed by atoms with Gasteiger partial charge in [0.25, 0.3) is 5.91 Å². The molecule has 0 heterocycles. The van der Waals surface area contributed by atoms with Gasteiger partial charge >= 0.3 is 0 Å². The number of benzene rings is 2. The fraction of sp³-hybridized carbons (Fsp3) is 0.316. The Hall–Kier alpha value is -2.38. The van der Waals surface area contributed by atoms with E-state index in [2.05, 4.69) is 5.32 Å². The monoisotopic (exact) mass is 376 g/mol. The van der Waals surface area contributed by atoms with Crippen LogP contribution in [0.3, 0.4) is 0 Å². The van der Waals surface area contributed by atoms with Gasteiger partial charge in [-0.2, -0.15) is 0 Å². The predicted molar refractivity (Wildman–Crippen MR) is 103 cm³/mol. The van der Waals surface area contributed by atoms with Crippen LogP contribution in [0.25, 0.3) is 0 Å². The molecule has 6 nitrogen and oxygen atoms in total.